The normalized spacial score (nSPS) is 13.4. The van der Waals surface area contributed by atoms with Gasteiger partial charge < -0.3 is 4.18 Å². The topological polar surface area (TPSA) is 43.4 Å². The highest BCUT2D eigenvalue weighted by Gasteiger charge is 2.48. The molecule has 0 aromatic heterocycles. The number of alkyl halides is 3. The fourth-order valence-electron chi connectivity index (χ4n) is 1.11. The lowest BCUT2D eigenvalue weighted by atomic mass is 10.2. The molecule has 0 radical (unpaired) electrons. The molecule has 7 heteroatoms. The fraction of sp³-hybridized carbons (Fsp3) is 0.273. The van der Waals surface area contributed by atoms with Crippen molar-refractivity contribution in [3.8, 4) is 0 Å². The summed E-state index contributed by atoms with van der Waals surface area (Å²) in [6, 6.07) is 8.34. The first-order valence-electron chi connectivity index (χ1n) is 5.02. The van der Waals surface area contributed by atoms with Crippen molar-refractivity contribution in [3.63, 3.8) is 0 Å². The van der Waals surface area contributed by atoms with Crippen molar-refractivity contribution in [2.45, 2.75) is 18.9 Å². The molecule has 0 saturated carbocycles. The van der Waals surface area contributed by atoms with Crippen LogP contribution in [0.4, 0.5) is 13.2 Å². The lowest BCUT2D eigenvalue weighted by Gasteiger charge is -2.11. The summed E-state index contributed by atoms with van der Waals surface area (Å²) >= 11 is 0. The molecule has 0 N–H and O–H groups in total. The molecule has 0 aliphatic heterocycles. The van der Waals surface area contributed by atoms with E-state index in [-0.39, 0.29) is 12.2 Å². The molecule has 0 atom stereocenters. The summed E-state index contributed by atoms with van der Waals surface area (Å²) in [4.78, 5) is 0. The van der Waals surface area contributed by atoms with E-state index in [9.17, 15) is 21.6 Å². The van der Waals surface area contributed by atoms with Crippen LogP contribution in [-0.2, 0) is 14.3 Å². The molecule has 100 valence electrons. The lowest BCUT2D eigenvalue weighted by Crippen LogP contribution is -2.25. The summed E-state index contributed by atoms with van der Waals surface area (Å²) in [6.07, 6.45) is 1.29. The van der Waals surface area contributed by atoms with Crippen molar-refractivity contribution in [1.29, 1.82) is 0 Å². The molecule has 0 heterocycles. The average Bonchev–Trinajstić information content (AvgIpc) is 2.27. The average molecular weight is 280 g/mol. The Kier molecular flexibility index (Phi) is 4.39. The van der Waals surface area contributed by atoms with Gasteiger partial charge in [0.2, 0.25) is 0 Å². The minimum absolute atomic E-state index is 0.0319. The third kappa shape index (κ3) is 3.76. The Morgan fingerprint density at radius 1 is 1.28 bits per heavy atom. The summed E-state index contributed by atoms with van der Waals surface area (Å²) in [5.74, 6) is -0.265. The van der Waals surface area contributed by atoms with Gasteiger partial charge in [-0.1, -0.05) is 37.3 Å². The Labute approximate surface area is 103 Å². The predicted octanol–water partition coefficient (Wildman–Crippen LogP) is 3.30. The van der Waals surface area contributed by atoms with Crippen LogP contribution in [0.1, 0.15) is 18.9 Å². The van der Waals surface area contributed by atoms with Crippen LogP contribution in [0.5, 0.6) is 0 Å². The standard InChI is InChI=1S/C11H11F3O3S/c1-2-10(8-9-6-4-3-5-7-9)17-18(15,16)11(12,13)14/h3-8H,2H2,1H3. The van der Waals surface area contributed by atoms with E-state index in [4.69, 9.17) is 0 Å². The molecule has 0 aliphatic carbocycles. The SMILES string of the molecule is CCC(=Cc1ccccc1)OS(=O)(=O)C(F)(F)F. The summed E-state index contributed by atoms with van der Waals surface area (Å²) in [5.41, 5.74) is -4.86. The first kappa shape index (κ1) is 14.6. The molecule has 0 bridgehead atoms. The number of hydrogen-bond donors (Lipinski definition) is 0. The van der Waals surface area contributed by atoms with Crippen molar-refractivity contribution in [2.75, 3.05) is 0 Å². The quantitative estimate of drug-likeness (QED) is 0.483. The highest BCUT2D eigenvalue weighted by Crippen LogP contribution is 2.27. The van der Waals surface area contributed by atoms with Gasteiger partial charge in [-0.15, -0.1) is 0 Å². The summed E-state index contributed by atoms with van der Waals surface area (Å²) in [6.45, 7) is 1.50. The van der Waals surface area contributed by atoms with Gasteiger partial charge in [-0.05, 0) is 11.6 Å². The zero-order valence-electron chi connectivity index (χ0n) is 9.44. The second-order valence-electron chi connectivity index (χ2n) is 3.36. The van der Waals surface area contributed by atoms with Crippen molar-refractivity contribution in [3.05, 3.63) is 41.7 Å². The summed E-state index contributed by atoms with van der Waals surface area (Å²) in [7, 11) is -5.60. The molecule has 0 amide bonds. The smallest absolute Gasteiger partial charge is 0.381 e. The van der Waals surface area contributed by atoms with E-state index in [2.05, 4.69) is 4.18 Å². The minimum atomic E-state index is -5.60. The minimum Gasteiger partial charge on any atom is -0.381 e. The largest absolute Gasteiger partial charge is 0.534 e. The van der Waals surface area contributed by atoms with Gasteiger partial charge in [-0.2, -0.15) is 21.6 Å². The maximum atomic E-state index is 12.1. The van der Waals surface area contributed by atoms with Crippen molar-refractivity contribution in [2.24, 2.45) is 0 Å². The monoisotopic (exact) mass is 280 g/mol. The van der Waals surface area contributed by atoms with Gasteiger partial charge in [-0.25, -0.2) is 0 Å². The van der Waals surface area contributed by atoms with E-state index < -0.39 is 15.6 Å². The fourth-order valence-corrected chi connectivity index (χ4v) is 1.65. The number of hydrogen-bond acceptors (Lipinski definition) is 3. The Morgan fingerprint density at radius 2 is 1.83 bits per heavy atom. The zero-order chi connectivity index (χ0) is 13.8. The van der Waals surface area contributed by atoms with E-state index in [0.29, 0.717) is 5.56 Å². The second-order valence-corrected chi connectivity index (χ2v) is 4.90. The van der Waals surface area contributed by atoms with Crippen LogP contribution < -0.4 is 0 Å². The first-order valence-corrected chi connectivity index (χ1v) is 6.43. The Bertz CT molecular complexity index is 518. The molecule has 1 aromatic rings. The van der Waals surface area contributed by atoms with Crippen molar-refractivity contribution < 1.29 is 25.8 Å². The third-order valence-electron chi connectivity index (χ3n) is 1.98. The lowest BCUT2D eigenvalue weighted by molar-refractivity contribution is -0.0522. The molecule has 1 aromatic carbocycles. The molecule has 18 heavy (non-hydrogen) atoms. The molecule has 0 unspecified atom stereocenters. The number of benzene rings is 1. The Hall–Kier alpha value is -1.50. The predicted molar refractivity (Wildman–Crippen MR) is 60.8 cm³/mol. The van der Waals surface area contributed by atoms with Gasteiger partial charge in [0.15, 0.2) is 0 Å². The van der Waals surface area contributed by atoms with Crippen LogP contribution in [0.25, 0.3) is 6.08 Å². The molecule has 3 nitrogen and oxygen atoms in total. The van der Waals surface area contributed by atoms with Gasteiger partial charge in [0.05, 0.1) is 0 Å². The molecule has 0 aliphatic rings. The summed E-state index contributed by atoms with van der Waals surface area (Å²) < 4.78 is 62.1. The maximum absolute atomic E-state index is 12.1. The number of rotatable bonds is 4. The van der Waals surface area contributed by atoms with E-state index >= 15 is 0 Å². The van der Waals surface area contributed by atoms with Gasteiger partial charge in [-0.3, -0.25) is 0 Å². The molecular weight excluding hydrogens is 269 g/mol. The molecule has 1 rings (SSSR count). The summed E-state index contributed by atoms with van der Waals surface area (Å²) in [5, 5.41) is 0. The van der Waals surface area contributed by atoms with Gasteiger partial charge in [0, 0.05) is 6.42 Å². The van der Waals surface area contributed by atoms with E-state index in [1.807, 2.05) is 0 Å². The second kappa shape index (κ2) is 5.43. The van der Waals surface area contributed by atoms with Gasteiger partial charge in [0.25, 0.3) is 0 Å². The highest BCUT2D eigenvalue weighted by molar-refractivity contribution is 7.87. The van der Waals surface area contributed by atoms with Crippen LogP contribution in [0, 0.1) is 0 Å². The zero-order valence-corrected chi connectivity index (χ0v) is 10.3. The van der Waals surface area contributed by atoms with Crippen LogP contribution in [0.2, 0.25) is 0 Å². The van der Waals surface area contributed by atoms with Gasteiger partial charge >= 0.3 is 15.6 Å². The molecular formula is C11H11F3O3S. The van der Waals surface area contributed by atoms with Crippen LogP contribution in [0.15, 0.2) is 36.1 Å². The van der Waals surface area contributed by atoms with Crippen LogP contribution >= 0.6 is 0 Å². The van der Waals surface area contributed by atoms with Crippen LogP contribution in [0.3, 0.4) is 0 Å². The van der Waals surface area contributed by atoms with Crippen molar-refractivity contribution >= 4 is 16.2 Å². The van der Waals surface area contributed by atoms with Crippen molar-refractivity contribution in [1.82, 2.24) is 0 Å². The molecule has 0 spiro atoms. The third-order valence-corrected chi connectivity index (χ3v) is 2.98. The van der Waals surface area contributed by atoms with Crippen LogP contribution in [-0.4, -0.2) is 13.9 Å². The highest BCUT2D eigenvalue weighted by atomic mass is 32.2. The van der Waals surface area contributed by atoms with E-state index in [1.54, 1.807) is 30.3 Å². The van der Waals surface area contributed by atoms with Gasteiger partial charge in [0.1, 0.15) is 5.76 Å². The Balaban J connectivity index is 2.97. The first-order chi connectivity index (χ1) is 8.26. The van der Waals surface area contributed by atoms with E-state index in [1.165, 1.54) is 13.0 Å². The molecule has 0 fully saturated rings. The number of halogens is 3. The molecule has 0 saturated heterocycles. The van der Waals surface area contributed by atoms with E-state index in [0.717, 1.165) is 0 Å². The number of allylic oxidation sites excluding steroid dienone is 1. The maximum Gasteiger partial charge on any atom is 0.534 e. The Morgan fingerprint density at radius 3 is 2.28 bits per heavy atom.